The Morgan fingerprint density at radius 2 is 2.20 bits per heavy atom. The van der Waals surface area contributed by atoms with E-state index in [1.54, 1.807) is 0 Å². The zero-order chi connectivity index (χ0) is 10.8. The van der Waals surface area contributed by atoms with Gasteiger partial charge >= 0.3 is 0 Å². The molecule has 1 aromatic carbocycles. The van der Waals surface area contributed by atoms with Crippen LogP contribution in [0.4, 0.5) is 0 Å². The number of fused-ring (bicyclic) bond motifs is 1. The Labute approximate surface area is 88.0 Å². The summed E-state index contributed by atoms with van der Waals surface area (Å²) >= 11 is 0. The van der Waals surface area contributed by atoms with Gasteiger partial charge in [-0.05, 0) is 24.1 Å². The summed E-state index contributed by atoms with van der Waals surface area (Å²) in [5.74, 6) is 1.05. The van der Waals surface area contributed by atoms with Gasteiger partial charge in [-0.2, -0.15) is 0 Å². The largest absolute Gasteiger partial charge is 0.454 e. The van der Waals surface area contributed by atoms with Crippen LogP contribution < -0.4 is 15.2 Å². The minimum absolute atomic E-state index is 0.162. The molecule has 2 N–H and O–H groups in total. The fraction of sp³-hybridized carbons (Fsp3) is 0.364. The molecule has 0 fully saturated rings. The van der Waals surface area contributed by atoms with Crippen molar-refractivity contribution < 1.29 is 14.3 Å². The first-order chi connectivity index (χ1) is 7.16. The third-order valence-electron chi connectivity index (χ3n) is 2.46. The smallest absolute Gasteiger partial charge is 0.231 e. The molecule has 1 aromatic rings. The van der Waals surface area contributed by atoms with Gasteiger partial charge in [0, 0.05) is 5.92 Å². The van der Waals surface area contributed by atoms with E-state index >= 15 is 0 Å². The van der Waals surface area contributed by atoms with Crippen LogP contribution in [0.25, 0.3) is 0 Å². The maximum absolute atomic E-state index is 10.9. The molecule has 0 bridgehead atoms. The molecule has 4 heteroatoms. The maximum Gasteiger partial charge on any atom is 0.231 e. The number of benzene rings is 1. The van der Waals surface area contributed by atoms with Crippen LogP contribution in [0, 0.1) is 5.92 Å². The highest BCUT2D eigenvalue weighted by molar-refractivity contribution is 5.76. The molecule has 2 rings (SSSR count). The van der Waals surface area contributed by atoms with E-state index in [0.29, 0.717) is 6.42 Å². The van der Waals surface area contributed by atoms with Crippen LogP contribution in [0.1, 0.15) is 12.5 Å². The quantitative estimate of drug-likeness (QED) is 0.806. The highest BCUT2D eigenvalue weighted by Crippen LogP contribution is 2.32. The summed E-state index contributed by atoms with van der Waals surface area (Å²) in [6.07, 6.45) is 0.631. The molecule has 0 spiro atoms. The van der Waals surface area contributed by atoms with Crippen LogP contribution in [0.15, 0.2) is 18.2 Å². The predicted octanol–water partition coefficient (Wildman–Crippen LogP) is 1.08. The molecule has 1 atom stereocenters. The molecule has 0 saturated carbocycles. The minimum atomic E-state index is -0.285. The molecule has 0 unspecified atom stereocenters. The Balaban J connectivity index is 2.13. The lowest BCUT2D eigenvalue weighted by Crippen LogP contribution is -2.22. The molecule has 1 amide bonds. The Kier molecular flexibility index (Phi) is 2.49. The van der Waals surface area contributed by atoms with Crippen molar-refractivity contribution in [1.29, 1.82) is 0 Å². The summed E-state index contributed by atoms with van der Waals surface area (Å²) in [4.78, 5) is 10.9. The lowest BCUT2D eigenvalue weighted by molar-refractivity contribution is -0.121. The molecule has 0 aliphatic carbocycles. The number of nitrogens with two attached hydrogens (primary N) is 1. The van der Waals surface area contributed by atoms with Gasteiger partial charge in [0.1, 0.15) is 0 Å². The summed E-state index contributed by atoms with van der Waals surface area (Å²) < 4.78 is 10.4. The van der Waals surface area contributed by atoms with Crippen molar-refractivity contribution in [3.8, 4) is 11.5 Å². The zero-order valence-corrected chi connectivity index (χ0v) is 8.53. The Hall–Kier alpha value is -1.71. The van der Waals surface area contributed by atoms with Crippen LogP contribution in [-0.4, -0.2) is 12.7 Å². The minimum Gasteiger partial charge on any atom is -0.454 e. The van der Waals surface area contributed by atoms with E-state index < -0.39 is 0 Å². The summed E-state index contributed by atoms with van der Waals surface area (Å²) in [5.41, 5.74) is 6.23. The van der Waals surface area contributed by atoms with E-state index in [4.69, 9.17) is 15.2 Å². The highest BCUT2D eigenvalue weighted by Gasteiger charge is 2.15. The number of amides is 1. The van der Waals surface area contributed by atoms with Gasteiger partial charge in [0.05, 0.1) is 0 Å². The lowest BCUT2D eigenvalue weighted by atomic mass is 10.0. The fourth-order valence-electron chi connectivity index (χ4n) is 1.52. The van der Waals surface area contributed by atoms with Crippen LogP contribution in [0.3, 0.4) is 0 Å². The predicted molar refractivity (Wildman–Crippen MR) is 54.6 cm³/mol. The van der Waals surface area contributed by atoms with Crippen molar-refractivity contribution >= 4 is 5.91 Å². The Bertz CT molecular complexity index is 389. The number of primary amides is 1. The lowest BCUT2D eigenvalue weighted by Gasteiger charge is -2.07. The van der Waals surface area contributed by atoms with E-state index in [1.165, 1.54) is 0 Å². The van der Waals surface area contributed by atoms with Crippen LogP contribution in [-0.2, 0) is 11.2 Å². The summed E-state index contributed by atoms with van der Waals surface area (Å²) in [7, 11) is 0. The first-order valence-electron chi connectivity index (χ1n) is 4.84. The number of hydrogen-bond donors (Lipinski definition) is 1. The van der Waals surface area contributed by atoms with Gasteiger partial charge in [0.15, 0.2) is 11.5 Å². The molecule has 1 aliphatic rings. The van der Waals surface area contributed by atoms with Gasteiger partial charge in [0.2, 0.25) is 12.7 Å². The molecule has 80 valence electrons. The molecular weight excluding hydrogens is 194 g/mol. The van der Waals surface area contributed by atoms with Crippen molar-refractivity contribution in [2.45, 2.75) is 13.3 Å². The van der Waals surface area contributed by atoms with Crippen molar-refractivity contribution in [2.24, 2.45) is 11.7 Å². The van der Waals surface area contributed by atoms with Gasteiger partial charge < -0.3 is 15.2 Å². The number of carbonyl (C=O) groups excluding carboxylic acids is 1. The molecule has 0 radical (unpaired) electrons. The van der Waals surface area contributed by atoms with Gasteiger partial charge in [-0.1, -0.05) is 13.0 Å². The normalized spacial score (nSPS) is 15.0. The van der Waals surface area contributed by atoms with Crippen molar-refractivity contribution in [2.75, 3.05) is 6.79 Å². The van der Waals surface area contributed by atoms with Crippen LogP contribution in [0.2, 0.25) is 0 Å². The van der Waals surface area contributed by atoms with Crippen molar-refractivity contribution in [1.82, 2.24) is 0 Å². The molecule has 0 aromatic heterocycles. The fourth-order valence-corrected chi connectivity index (χ4v) is 1.52. The first kappa shape index (κ1) is 9.83. The number of rotatable bonds is 3. The zero-order valence-electron chi connectivity index (χ0n) is 8.53. The monoisotopic (exact) mass is 207 g/mol. The first-order valence-corrected chi connectivity index (χ1v) is 4.84. The van der Waals surface area contributed by atoms with Crippen LogP contribution in [0.5, 0.6) is 11.5 Å². The van der Waals surface area contributed by atoms with Crippen molar-refractivity contribution in [3.05, 3.63) is 23.8 Å². The Morgan fingerprint density at radius 3 is 2.93 bits per heavy atom. The van der Waals surface area contributed by atoms with Gasteiger partial charge in [0.25, 0.3) is 0 Å². The van der Waals surface area contributed by atoms with E-state index in [2.05, 4.69) is 0 Å². The van der Waals surface area contributed by atoms with Gasteiger partial charge in [-0.15, -0.1) is 0 Å². The molecule has 1 aliphatic heterocycles. The SMILES string of the molecule is C[C@@H](Cc1ccc2c(c1)OCO2)C(N)=O. The second-order valence-corrected chi connectivity index (χ2v) is 3.70. The third kappa shape index (κ3) is 2.03. The van der Waals surface area contributed by atoms with Gasteiger partial charge in [-0.3, -0.25) is 4.79 Å². The van der Waals surface area contributed by atoms with Gasteiger partial charge in [-0.25, -0.2) is 0 Å². The molecular formula is C11H13NO3. The van der Waals surface area contributed by atoms with E-state index in [1.807, 2.05) is 25.1 Å². The molecule has 0 saturated heterocycles. The van der Waals surface area contributed by atoms with Crippen LogP contribution >= 0.6 is 0 Å². The topological polar surface area (TPSA) is 61.6 Å². The van der Waals surface area contributed by atoms with E-state index in [0.717, 1.165) is 17.1 Å². The van der Waals surface area contributed by atoms with E-state index in [9.17, 15) is 4.79 Å². The summed E-state index contributed by atoms with van der Waals surface area (Å²) in [6, 6.07) is 5.67. The summed E-state index contributed by atoms with van der Waals surface area (Å²) in [6.45, 7) is 2.08. The summed E-state index contributed by atoms with van der Waals surface area (Å²) in [5, 5.41) is 0. The Morgan fingerprint density at radius 1 is 1.47 bits per heavy atom. The average Bonchev–Trinajstić information content (AvgIpc) is 2.64. The maximum atomic E-state index is 10.9. The molecule has 15 heavy (non-hydrogen) atoms. The number of ether oxygens (including phenoxy) is 2. The standard InChI is InChI=1S/C11H13NO3/c1-7(11(12)13)4-8-2-3-9-10(5-8)15-6-14-9/h2-3,5,7H,4,6H2,1H3,(H2,12,13)/t7-/m0/s1. The molecule has 4 nitrogen and oxygen atoms in total. The highest BCUT2D eigenvalue weighted by atomic mass is 16.7. The molecule has 1 heterocycles. The number of hydrogen-bond acceptors (Lipinski definition) is 3. The second kappa shape index (κ2) is 3.81. The number of carbonyl (C=O) groups is 1. The van der Waals surface area contributed by atoms with E-state index in [-0.39, 0.29) is 18.6 Å². The average molecular weight is 207 g/mol. The second-order valence-electron chi connectivity index (χ2n) is 3.70. The third-order valence-corrected chi connectivity index (χ3v) is 2.46. The van der Waals surface area contributed by atoms with Crippen molar-refractivity contribution in [3.63, 3.8) is 0 Å².